The predicted octanol–water partition coefficient (Wildman–Crippen LogP) is 5.09. The van der Waals surface area contributed by atoms with E-state index in [0.717, 1.165) is 11.1 Å². The molecule has 0 atom stereocenters. The zero-order chi connectivity index (χ0) is 22.4. The summed E-state index contributed by atoms with van der Waals surface area (Å²) in [6.45, 7) is 1.83. The van der Waals surface area contributed by atoms with E-state index in [1.54, 1.807) is 62.6 Å². The van der Waals surface area contributed by atoms with Crippen LogP contribution >= 0.6 is 0 Å². The second-order valence-corrected chi connectivity index (χ2v) is 6.78. The van der Waals surface area contributed by atoms with E-state index >= 15 is 0 Å². The molecule has 0 radical (unpaired) electrons. The molecule has 3 rings (SSSR count). The normalized spacial score (nSPS) is 10.8. The highest BCUT2D eigenvalue weighted by Gasteiger charge is 2.12. The smallest absolute Gasteiger partial charge is 0.272 e. The van der Waals surface area contributed by atoms with Crippen molar-refractivity contribution in [1.82, 2.24) is 0 Å². The number of aromatic hydroxyl groups is 1. The number of ether oxygens (including phenoxy) is 2. The van der Waals surface area contributed by atoms with Crippen LogP contribution in [-0.2, 0) is 6.61 Å². The molecule has 0 aliphatic rings. The lowest BCUT2D eigenvalue weighted by Crippen LogP contribution is -2.00. The second-order valence-electron chi connectivity index (χ2n) is 6.78. The van der Waals surface area contributed by atoms with Gasteiger partial charge in [0.05, 0.1) is 17.6 Å². The van der Waals surface area contributed by atoms with Gasteiger partial charge >= 0.3 is 0 Å². The molecule has 0 aromatic heterocycles. The molecule has 3 aromatic rings. The van der Waals surface area contributed by atoms with Crippen molar-refractivity contribution in [3.63, 3.8) is 0 Å². The number of carbonyl (C=O) groups is 1. The van der Waals surface area contributed by atoms with Gasteiger partial charge in [-0.3, -0.25) is 14.9 Å². The minimum atomic E-state index is -0.436. The van der Waals surface area contributed by atoms with E-state index in [-0.39, 0.29) is 29.4 Å². The van der Waals surface area contributed by atoms with Crippen molar-refractivity contribution in [2.75, 3.05) is 7.11 Å². The lowest BCUT2D eigenvalue weighted by molar-refractivity contribution is -0.385. The summed E-state index contributed by atoms with van der Waals surface area (Å²) < 4.78 is 11.2. The Morgan fingerprint density at radius 3 is 2.58 bits per heavy atom. The summed E-state index contributed by atoms with van der Waals surface area (Å²) in [6.07, 6.45) is 3.04. The molecule has 158 valence electrons. The van der Waals surface area contributed by atoms with Crippen molar-refractivity contribution in [3.05, 3.63) is 99.1 Å². The Morgan fingerprint density at radius 2 is 1.90 bits per heavy atom. The Balaban J connectivity index is 1.76. The van der Waals surface area contributed by atoms with Gasteiger partial charge in [0.2, 0.25) is 0 Å². The van der Waals surface area contributed by atoms with Crippen LogP contribution in [0.3, 0.4) is 0 Å². The van der Waals surface area contributed by atoms with Gasteiger partial charge < -0.3 is 14.6 Å². The Labute approximate surface area is 179 Å². The number of hydrogen-bond acceptors (Lipinski definition) is 6. The highest BCUT2D eigenvalue weighted by atomic mass is 16.6. The number of ketones is 1. The van der Waals surface area contributed by atoms with Crippen molar-refractivity contribution >= 4 is 17.5 Å². The van der Waals surface area contributed by atoms with Gasteiger partial charge in [0, 0.05) is 17.2 Å². The zero-order valence-corrected chi connectivity index (χ0v) is 17.1. The maximum Gasteiger partial charge on any atom is 0.272 e. The minimum absolute atomic E-state index is 0.0335. The number of rotatable bonds is 8. The molecule has 0 aliphatic heterocycles. The van der Waals surface area contributed by atoms with E-state index < -0.39 is 4.92 Å². The average molecular weight is 419 g/mol. The van der Waals surface area contributed by atoms with Gasteiger partial charge in [-0.15, -0.1) is 0 Å². The summed E-state index contributed by atoms with van der Waals surface area (Å²) in [5.74, 6) is 0.732. The molecule has 0 amide bonds. The van der Waals surface area contributed by atoms with Gasteiger partial charge in [0.15, 0.2) is 5.78 Å². The van der Waals surface area contributed by atoms with Crippen LogP contribution in [0.15, 0.2) is 66.7 Å². The van der Waals surface area contributed by atoms with E-state index in [9.17, 15) is 20.0 Å². The number of benzene rings is 3. The first-order valence-corrected chi connectivity index (χ1v) is 9.44. The number of hydrogen-bond donors (Lipinski definition) is 1. The third kappa shape index (κ3) is 5.27. The first kappa shape index (κ1) is 21.6. The second kappa shape index (κ2) is 9.58. The Bertz CT molecular complexity index is 1150. The highest BCUT2D eigenvalue weighted by molar-refractivity contribution is 6.08. The molecule has 1 N–H and O–H groups in total. The molecule has 0 spiro atoms. The molecule has 0 fully saturated rings. The van der Waals surface area contributed by atoms with Crippen molar-refractivity contribution < 1.29 is 24.3 Å². The van der Waals surface area contributed by atoms with Crippen LogP contribution in [0.4, 0.5) is 5.69 Å². The van der Waals surface area contributed by atoms with Crippen LogP contribution in [-0.4, -0.2) is 22.9 Å². The number of nitrogens with zero attached hydrogens (tertiary/aromatic N) is 1. The number of carbonyl (C=O) groups excluding carboxylic acids is 1. The van der Waals surface area contributed by atoms with Gasteiger partial charge in [0.1, 0.15) is 23.9 Å². The maximum absolute atomic E-state index is 12.3. The molecule has 0 heterocycles. The van der Waals surface area contributed by atoms with Gasteiger partial charge in [-0.2, -0.15) is 0 Å². The zero-order valence-electron chi connectivity index (χ0n) is 17.1. The minimum Gasteiger partial charge on any atom is -0.507 e. The van der Waals surface area contributed by atoms with Crippen molar-refractivity contribution in [2.24, 2.45) is 0 Å². The summed E-state index contributed by atoms with van der Waals surface area (Å²) in [6, 6.07) is 16.3. The molecule has 0 saturated heterocycles. The molecule has 31 heavy (non-hydrogen) atoms. The molecule has 0 bridgehead atoms. The van der Waals surface area contributed by atoms with Crippen molar-refractivity contribution in [1.29, 1.82) is 0 Å². The lowest BCUT2D eigenvalue weighted by Gasteiger charge is -2.12. The summed E-state index contributed by atoms with van der Waals surface area (Å²) in [4.78, 5) is 22.8. The fourth-order valence-corrected chi connectivity index (χ4v) is 3.04. The molecule has 7 nitrogen and oxygen atoms in total. The highest BCUT2D eigenvalue weighted by Crippen LogP contribution is 2.26. The number of allylic oxidation sites excluding steroid dienone is 1. The molecule has 0 unspecified atom stereocenters. The van der Waals surface area contributed by atoms with Crippen LogP contribution in [0.5, 0.6) is 17.2 Å². The Hall–Kier alpha value is -4.13. The molecule has 0 aliphatic carbocycles. The first-order chi connectivity index (χ1) is 14.9. The third-order valence-electron chi connectivity index (χ3n) is 4.66. The standard InChI is InChI=1S/C24H21NO6/c1-16-13-19(9-10-21(16)25(28)29)31-15-18-14-17(8-12-24(18)30-2)7-11-23(27)20-5-3-4-6-22(20)26/h3-14,26H,15H2,1-2H3/b11-7+. The summed E-state index contributed by atoms with van der Waals surface area (Å²) in [5.41, 5.74) is 2.27. The molecular weight excluding hydrogens is 398 g/mol. The first-order valence-electron chi connectivity index (χ1n) is 9.44. The van der Waals surface area contributed by atoms with Gasteiger partial charge in [-0.05, 0) is 55.0 Å². The fourth-order valence-electron chi connectivity index (χ4n) is 3.04. The molecule has 3 aromatic carbocycles. The van der Waals surface area contributed by atoms with E-state index in [1.807, 2.05) is 6.07 Å². The summed E-state index contributed by atoms with van der Waals surface area (Å²) >= 11 is 0. The van der Waals surface area contributed by atoms with E-state index in [0.29, 0.717) is 17.1 Å². The number of phenols is 1. The number of methoxy groups -OCH3 is 1. The number of nitro benzene ring substituents is 1. The number of para-hydroxylation sites is 1. The van der Waals surface area contributed by atoms with Crippen LogP contribution in [0.2, 0.25) is 0 Å². The predicted molar refractivity (Wildman–Crippen MR) is 117 cm³/mol. The van der Waals surface area contributed by atoms with Crippen LogP contribution < -0.4 is 9.47 Å². The molecular formula is C24H21NO6. The maximum atomic E-state index is 12.3. The van der Waals surface area contributed by atoms with Crippen LogP contribution in [0, 0.1) is 17.0 Å². The van der Waals surface area contributed by atoms with Gasteiger partial charge in [0.25, 0.3) is 5.69 Å². The van der Waals surface area contributed by atoms with E-state index in [4.69, 9.17) is 9.47 Å². The topological polar surface area (TPSA) is 98.9 Å². The average Bonchev–Trinajstić information content (AvgIpc) is 2.76. The van der Waals surface area contributed by atoms with E-state index in [2.05, 4.69) is 0 Å². The summed E-state index contributed by atoms with van der Waals surface area (Å²) in [7, 11) is 1.55. The van der Waals surface area contributed by atoms with E-state index in [1.165, 1.54) is 18.2 Å². The van der Waals surface area contributed by atoms with Crippen LogP contribution in [0.25, 0.3) is 6.08 Å². The van der Waals surface area contributed by atoms with Crippen molar-refractivity contribution in [2.45, 2.75) is 13.5 Å². The van der Waals surface area contributed by atoms with Gasteiger partial charge in [-0.1, -0.05) is 24.3 Å². The number of aryl methyl sites for hydroxylation is 1. The van der Waals surface area contributed by atoms with Crippen molar-refractivity contribution in [3.8, 4) is 17.2 Å². The fraction of sp³-hybridized carbons (Fsp3) is 0.125. The van der Waals surface area contributed by atoms with Gasteiger partial charge in [-0.25, -0.2) is 0 Å². The summed E-state index contributed by atoms with van der Waals surface area (Å²) in [5, 5.41) is 20.8. The molecule has 7 heteroatoms. The monoisotopic (exact) mass is 419 g/mol. The largest absolute Gasteiger partial charge is 0.507 e. The van der Waals surface area contributed by atoms with Crippen LogP contribution in [0.1, 0.15) is 27.0 Å². The molecule has 0 saturated carbocycles. The quantitative estimate of drug-likeness (QED) is 0.236. The number of nitro groups is 1. The Kier molecular flexibility index (Phi) is 6.67. The number of phenolic OH excluding ortho intramolecular Hbond substituents is 1. The SMILES string of the molecule is COc1ccc(/C=C/C(=O)c2ccccc2O)cc1COc1ccc([N+](=O)[O-])c(C)c1. The lowest BCUT2D eigenvalue weighted by atomic mass is 10.1. The Morgan fingerprint density at radius 1 is 1.13 bits per heavy atom. The third-order valence-corrected chi connectivity index (χ3v) is 4.66.